The van der Waals surface area contributed by atoms with E-state index in [1.54, 1.807) is 12.1 Å². The molecule has 164 valence electrons. The molecule has 0 saturated heterocycles. The molecule has 0 fully saturated rings. The van der Waals surface area contributed by atoms with Gasteiger partial charge in [-0.2, -0.15) is 0 Å². The Kier molecular flexibility index (Phi) is 5.09. The molecular formula is C24H24F2N6. The van der Waals surface area contributed by atoms with Crippen LogP contribution in [0, 0.1) is 18.6 Å². The molecule has 8 heteroatoms. The molecule has 32 heavy (non-hydrogen) atoms. The zero-order valence-electron chi connectivity index (χ0n) is 18.2. The van der Waals surface area contributed by atoms with Crippen LogP contribution in [-0.4, -0.2) is 26.1 Å². The van der Waals surface area contributed by atoms with Crippen molar-refractivity contribution >= 4 is 22.7 Å². The first-order valence-electron chi connectivity index (χ1n) is 10.7. The van der Waals surface area contributed by atoms with Gasteiger partial charge in [0.25, 0.3) is 0 Å². The van der Waals surface area contributed by atoms with Gasteiger partial charge in [0.15, 0.2) is 5.82 Å². The number of nitrogens with one attached hydrogen (secondary N) is 2. The van der Waals surface area contributed by atoms with Gasteiger partial charge >= 0.3 is 0 Å². The number of benzene rings is 1. The number of aryl methyl sites for hydroxylation is 1. The summed E-state index contributed by atoms with van der Waals surface area (Å²) in [6, 6.07) is 8.70. The van der Waals surface area contributed by atoms with Gasteiger partial charge in [0.1, 0.15) is 28.8 Å². The SMILES string of the molecule is Cc1nc2c(F)cc(-c3cc(Nc4ccc5c(n4)CCNC5)ncc3F)cc2n1C(C)C. The highest BCUT2D eigenvalue weighted by Crippen LogP contribution is 2.32. The number of anilines is 2. The highest BCUT2D eigenvalue weighted by atomic mass is 19.1. The molecule has 0 radical (unpaired) electrons. The number of imidazole rings is 1. The van der Waals surface area contributed by atoms with E-state index in [9.17, 15) is 8.78 Å². The van der Waals surface area contributed by atoms with E-state index in [1.807, 2.05) is 37.5 Å². The number of hydrogen-bond donors (Lipinski definition) is 2. The number of rotatable bonds is 4. The minimum atomic E-state index is -0.522. The van der Waals surface area contributed by atoms with Gasteiger partial charge < -0.3 is 15.2 Å². The first-order valence-corrected chi connectivity index (χ1v) is 10.7. The zero-order valence-corrected chi connectivity index (χ0v) is 18.2. The summed E-state index contributed by atoms with van der Waals surface area (Å²) in [5.41, 5.74) is 3.85. The molecule has 0 unspecified atom stereocenters. The predicted octanol–water partition coefficient (Wildman–Crippen LogP) is 5.05. The van der Waals surface area contributed by atoms with E-state index in [1.165, 1.54) is 11.6 Å². The normalized spacial score (nSPS) is 13.6. The lowest BCUT2D eigenvalue weighted by Gasteiger charge is -2.17. The Bertz CT molecular complexity index is 1330. The standard InChI is InChI=1S/C24H24F2N6/c1-13(2)32-14(3)29-24-18(25)8-16(9-21(24)32)17-10-23(28-12-19(17)26)31-22-5-4-15-11-27-7-6-20(15)30-22/h4-5,8-10,12-13,27H,6-7,11H2,1-3H3,(H,28,30,31). The third-order valence-corrected chi connectivity index (χ3v) is 5.79. The topological polar surface area (TPSA) is 67.7 Å². The Morgan fingerprint density at radius 1 is 1.06 bits per heavy atom. The molecule has 3 aromatic heterocycles. The summed E-state index contributed by atoms with van der Waals surface area (Å²) in [5.74, 6) is 0.807. The maximum atomic E-state index is 14.9. The zero-order chi connectivity index (χ0) is 22.4. The summed E-state index contributed by atoms with van der Waals surface area (Å²) in [6.07, 6.45) is 2.00. The quantitative estimate of drug-likeness (QED) is 0.471. The Balaban J connectivity index is 1.54. The van der Waals surface area contributed by atoms with Gasteiger partial charge in [0, 0.05) is 36.8 Å². The van der Waals surface area contributed by atoms with Gasteiger partial charge in [0.05, 0.1) is 11.7 Å². The molecule has 0 aliphatic carbocycles. The van der Waals surface area contributed by atoms with Crippen molar-refractivity contribution < 1.29 is 8.78 Å². The fraction of sp³-hybridized carbons (Fsp3) is 0.292. The van der Waals surface area contributed by atoms with Crippen LogP contribution in [0.15, 0.2) is 36.5 Å². The molecule has 0 spiro atoms. The third-order valence-electron chi connectivity index (χ3n) is 5.79. The summed E-state index contributed by atoms with van der Waals surface area (Å²) >= 11 is 0. The van der Waals surface area contributed by atoms with E-state index in [2.05, 4.69) is 25.6 Å². The van der Waals surface area contributed by atoms with E-state index in [-0.39, 0.29) is 11.6 Å². The van der Waals surface area contributed by atoms with Crippen LogP contribution in [0.25, 0.3) is 22.2 Å². The molecule has 4 heterocycles. The second kappa shape index (κ2) is 7.94. The fourth-order valence-electron chi connectivity index (χ4n) is 4.34. The Morgan fingerprint density at radius 2 is 1.91 bits per heavy atom. The van der Waals surface area contributed by atoms with Gasteiger partial charge in [-0.3, -0.25) is 0 Å². The van der Waals surface area contributed by atoms with E-state index in [4.69, 9.17) is 0 Å². The largest absolute Gasteiger partial charge is 0.326 e. The van der Waals surface area contributed by atoms with Gasteiger partial charge in [-0.15, -0.1) is 0 Å². The highest BCUT2D eigenvalue weighted by Gasteiger charge is 2.18. The Hall–Kier alpha value is -3.39. The molecule has 1 aromatic carbocycles. The molecule has 1 aliphatic rings. The minimum Gasteiger partial charge on any atom is -0.326 e. The predicted molar refractivity (Wildman–Crippen MR) is 121 cm³/mol. The van der Waals surface area contributed by atoms with Crippen LogP contribution in [0.3, 0.4) is 0 Å². The molecule has 6 nitrogen and oxygen atoms in total. The molecule has 0 amide bonds. The number of fused-ring (bicyclic) bond motifs is 2. The van der Waals surface area contributed by atoms with E-state index in [0.717, 1.165) is 37.2 Å². The molecule has 1 aliphatic heterocycles. The number of halogens is 2. The first-order chi connectivity index (χ1) is 15.4. The van der Waals surface area contributed by atoms with Crippen molar-refractivity contribution in [3.05, 3.63) is 65.2 Å². The van der Waals surface area contributed by atoms with Crippen molar-refractivity contribution in [3.8, 4) is 11.1 Å². The molecule has 4 aromatic rings. The van der Waals surface area contributed by atoms with Crippen LogP contribution >= 0.6 is 0 Å². The third kappa shape index (κ3) is 3.60. The highest BCUT2D eigenvalue weighted by molar-refractivity contribution is 5.84. The Morgan fingerprint density at radius 3 is 2.72 bits per heavy atom. The van der Waals surface area contributed by atoms with Crippen LogP contribution < -0.4 is 10.6 Å². The van der Waals surface area contributed by atoms with Crippen LogP contribution in [0.5, 0.6) is 0 Å². The maximum absolute atomic E-state index is 14.9. The molecule has 0 atom stereocenters. The van der Waals surface area contributed by atoms with E-state index in [0.29, 0.717) is 28.2 Å². The summed E-state index contributed by atoms with van der Waals surface area (Å²) in [5, 5.41) is 6.48. The van der Waals surface area contributed by atoms with Gasteiger partial charge in [0.2, 0.25) is 0 Å². The van der Waals surface area contributed by atoms with Crippen LogP contribution in [0.1, 0.15) is 37.0 Å². The van der Waals surface area contributed by atoms with Crippen molar-refractivity contribution in [2.24, 2.45) is 0 Å². The van der Waals surface area contributed by atoms with Crippen molar-refractivity contribution in [2.45, 2.75) is 39.8 Å². The van der Waals surface area contributed by atoms with Crippen molar-refractivity contribution in [1.82, 2.24) is 24.8 Å². The van der Waals surface area contributed by atoms with Crippen molar-refractivity contribution in [1.29, 1.82) is 0 Å². The lowest BCUT2D eigenvalue weighted by atomic mass is 10.0. The van der Waals surface area contributed by atoms with Gasteiger partial charge in [-0.1, -0.05) is 6.07 Å². The van der Waals surface area contributed by atoms with Crippen LogP contribution in [0.4, 0.5) is 20.4 Å². The molecule has 0 bridgehead atoms. The van der Waals surface area contributed by atoms with Crippen molar-refractivity contribution in [3.63, 3.8) is 0 Å². The van der Waals surface area contributed by atoms with Gasteiger partial charge in [-0.25, -0.2) is 23.7 Å². The molecular weight excluding hydrogens is 410 g/mol. The fourth-order valence-corrected chi connectivity index (χ4v) is 4.34. The average Bonchev–Trinajstić information content (AvgIpc) is 3.11. The molecule has 2 N–H and O–H groups in total. The second-order valence-corrected chi connectivity index (χ2v) is 8.35. The monoisotopic (exact) mass is 434 g/mol. The molecule has 0 saturated carbocycles. The van der Waals surface area contributed by atoms with E-state index >= 15 is 0 Å². The van der Waals surface area contributed by atoms with Crippen molar-refractivity contribution in [2.75, 3.05) is 11.9 Å². The average molecular weight is 434 g/mol. The summed E-state index contributed by atoms with van der Waals surface area (Å²) < 4.78 is 31.6. The maximum Gasteiger partial charge on any atom is 0.151 e. The second-order valence-electron chi connectivity index (χ2n) is 8.35. The number of hydrogen-bond acceptors (Lipinski definition) is 5. The lowest BCUT2D eigenvalue weighted by molar-refractivity contribution is 0.600. The van der Waals surface area contributed by atoms with E-state index < -0.39 is 11.6 Å². The van der Waals surface area contributed by atoms with Crippen LogP contribution in [-0.2, 0) is 13.0 Å². The smallest absolute Gasteiger partial charge is 0.151 e. The number of nitrogens with zero attached hydrogens (tertiary/aromatic N) is 4. The number of aromatic nitrogens is 4. The summed E-state index contributed by atoms with van der Waals surface area (Å²) in [7, 11) is 0. The van der Waals surface area contributed by atoms with Gasteiger partial charge in [-0.05, 0) is 56.2 Å². The van der Waals surface area contributed by atoms with Crippen LogP contribution in [0.2, 0.25) is 0 Å². The summed E-state index contributed by atoms with van der Waals surface area (Å²) in [6.45, 7) is 7.56. The summed E-state index contributed by atoms with van der Waals surface area (Å²) in [4.78, 5) is 13.2. The number of pyridine rings is 2. The first kappa shape index (κ1) is 20.5. The minimum absolute atomic E-state index is 0.0967. The molecule has 5 rings (SSSR count). The lowest BCUT2D eigenvalue weighted by Crippen LogP contribution is -2.24. The Labute approximate surface area is 184 Å².